The summed E-state index contributed by atoms with van der Waals surface area (Å²) >= 11 is 0. The van der Waals surface area contributed by atoms with Crippen LogP contribution in [0.5, 0.6) is 0 Å². The van der Waals surface area contributed by atoms with Gasteiger partial charge >= 0.3 is 0 Å². The smallest absolute Gasteiger partial charge is 0.244 e. The second kappa shape index (κ2) is 7.75. The second-order valence-electron chi connectivity index (χ2n) is 5.05. The standard InChI is InChI=1S/C13H26N4O2S/c1-5-17(6-2)9-7-8-11(3)16-20(18,19)13-10-14-15-12(13)4/h10-11,16H,5-9H2,1-4H3,(H,14,15). The van der Waals surface area contributed by atoms with Gasteiger partial charge in [-0.3, -0.25) is 5.10 Å². The molecule has 0 fully saturated rings. The Morgan fingerprint density at radius 1 is 1.40 bits per heavy atom. The van der Waals surface area contributed by atoms with Gasteiger partial charge in [-0.2, -0.15) is 5.10 Å². The Labute approximate surface area is 122 Å². The van der Waals surface area contributed by atoms with Crippen LogP contribution in [0.1, 0.15) is 39.3 Å². The monoisotopic (exact) mass is 302 g/mol. The fourth-order valence-electron chi connectivity index (χ4n) is 2.16. The van der Waals surface area contributed by atoms with Crippen LogP contribution in [0, 0.1) is 6.92 Å². The molecule has 20 heavy (non-hydrogen) atoms. The molecule has 1 aromatic rings. The van der Waals surface area contributed by atoms with Crippen molar-refractivity contribution < 1.29 is 8.42 Å². The van der Waals surface area contributed by atoms with Gasteiger partial charge in [0.25, 0.3) is 0 Å². The molecule has 1 unspecified atom stereocenters. The SMILES string of the molecule is CCN(CC)CCCC(C)NS(=O)(=O)c1cn[nH]c1C. The van der Waals surface area contributed by atoms with Gasteiger partial charge < -0.3 is 4.90 Å². The fraction of sp³-hybridized carbons (Fsp3) is 0.769. The van der Waals surface area contributed by atoms with Crippen molar-refractivity contribution in [2.45, 2.75) is 51.5 Å². The molecule has 7 heteroatoms. The summed E-state index contributed by atoms with van der Waals surface area (Å²) in [5.74, 6) is 0. The molecule has 0 saturated heterocycles. The Balaban J connectivity index is 2.46. The highest BCUT2D eigenvalue weighted by Crippen LogP contribution is 2.12. The molecule has 1 heterocycles. The maximum atomic E-state index is 12.2. The normalized spacial score (nSPS) is 13.8. The minimum Gasteiger partial charge on any atom is -0.304 e. The molecule has 0 spiro atoms. The molecule has 0 aliphatic rings. The maximum absolute atomic E-state index is 12.2. The number of rotatable bonds is 9. The zero-order valence-electron chi connectivity index (χ0n) is 12.8. The quantitative estimate of drug-likeness (QED) is 0.725. The van der Waals surface area contributed by atoms with Crippen LogP contribution in [0.3, 0.4) is 0 Å². The van der Waals surface area contributed by atoms with Gasteiger partial charge in [0.05, 0.1) is 11.9 Å². The van der Waals surface area contributed by atoms with Gasteiger partial charge in [-0.25, -0.2) is 13.1 Å². The third-order valence-electron chi connectivity index (χ3n) is 3.44. The van der Waals surface area contributed by atoms with Crippen molar-refractivity contribution >= 4 is 10.0 Å². The van der Waals surface area contributed by atoms with Crippen molar-refractivity contribution in [1.29, 1.82) is 0 Å². The topological polar surface area (TPSA) is 78.1 Å². The van der Waals surface area contributed by atoms with E-state index in [-0.39, 0.29) is 10.9 Å². The lowest BCUT2D eigenvalue weighted by Gasteiger charge is -2.19. The van der Waals surface area contributed by atoms with Crippen molar-refractivity contribution in [3.05, 3.63) is 11.9 Å². The molecule has 0 aromatic carbocycles. The number of hydrogen-bond acceptors (Lipinski definition) is 4. The summed E-state index contributed by atoms with van der Waals surface area (Å²) in [5, 5.41) is 6.40. The molecule has 0 aliphatic carbocycles. The van der Waals surface area contributed by atoms with Crippen molar-refractivity contribution in [2.24, 2.45) is 0 Å². The van der Waals surface area contributed by atoms with E-state index in [9.17, 15) is 8.42 Å². The summed E-state index contributed by atoms with van der Waals surface area (Å²) in [6, 6.07) is -0.0788. The van der Waals surface area contributed by atoms with Gasteiger partial charge in [-0.05, 0) is 46.3 Å². The summed E-state index contributed by atoms with van der Waals surface area (Å²) < 4.78 is 27.0. The Hall–Kier alpha value is -0.920. The van der Waals surface area contributed by atoms with Crippen LogP contribution in [-0.2, 0) is 10.0 Å². The number of aromatic nitrogens is 2. The molecule has 0 radical (unpaired) electrons. The molecule has 0 bridgehead atoms. The number of H-pyrrole nitrogens is 1. The number of sulfonamides is 1. The van der Waals surface area contributed by atoms with E-state index >= 15 is 0 Å². The first-order valence-electron chi connectivity index (χ1n) is 7.15. The van der Waals surface area contributed by atoms with Gasteiger partial charge in [0.15, 0.2) is 0 Å². The summed E-state index contributed by atoms with van der Waals surface area (Å²) in [4.78, 5) is 2.56. The van der Waals surface area contributed by atoms with Crippen LogP contribution in [0.4, 0.5) is 0 Å². The van der Waals surface area contributed by atoms with Crippen molar-refractivity contribution in [3.8, 4) is 0 Å². The van der Waals surface area contributed by atoms with Crippen molar-refractivity contribution in [3.63, 3.8) is 0 Å². The predicted octanol–water partition coefficient (Wildman–Crippen LogP) is 1.51. The van der Waals surface area contributed by atoms with E-state index in [0.29, 0.717) is 5.69 Å². The van der Waals surface area contributed by atoms with Crippen LogP contribution in [0.15, 0.2) is 11.1 Å². The third kappa shape index (κ3) is 4.88. The second-order valence-corrected chi connectivity index (χ2v) is 6.73. The molecule has 0 saturated carbocycles. The lowest BCUT2D eigenvalue weighted by molar-refractivity contribution is 0.293. The molecule has 116 valence electrons. The summed E-state index contributed by atoms with van der Waals surface area (Å²) in [7, 11) is -3.47. The predicted molar refractivity (Wildman–Crippen MR) is 80.1 cm³/mol. The van der Waals surface area contributed by atoms with Crippen LogP contribution in [-0.4, -0.2) is 49.2 Å². The molecule has 1 rings (SSSR count). The lowest BCUT2D eigenvalue weighted by Crippen LogP contribution is -2.33. The van der Waals surface area contributed by atoms with Gasteiger partial charge in [-0.15, -0.1) is 0 Å². The van der Waals surface area contributed by atoms with Crippen LogP contribution < -0.4 is 4.72 Å². The Kier molecular flexibility index (Phi) is 6.64. The molecular weight excluding hydrogens is 276 g/mol. The Bertz CT molecular complexity index is 494. The first-order chi connectivity index (χ1) is 9.40. The van der Waals surface area contributed by atoms with Crippen molar-refractivity contribution in [2.75, 3.05) is 19.6 Å². The lowest BCUT2D eigenvalue weighted by atomic mass is 10.2. The molecular formula is C13H26N4O2S. The number of nitrogens with one attached hydrogen (secondary N) is 2. The molecule has 1 atom stereocenters. The highest BCUT2D eigenvalue weighted by atomic mass is 32.2. The first kappa shape index (κ1) is 17.1. The maximum Gasteiger partial charge on any atom is 0.244 e. The highest BCUT2D eigenvalue weighted by molar-refractivity contribution is 7.89. The van der Waals surface area contributed by atoms with E-state index in [2.05, 4.69) is 33.7 Å². The van der Waals surface area contributed by atoms with Crippen LogP contribution in [0.2, 0.25) is 0 Å². The number of nitrogens with zero attached hydrogens (tertiary/aromatic N) is 2. The number of aromatic amines is 1. The van der Waals surface area contributed by atoms with Crippen molar-refractivity contribution in [1.82, 2.24) is 19.8 Å². The average molecular weight is 302 g/mol. The minimum absolute atomic E-state index is 0.0788. The fourth-order valence-corrected chi connectivity index (χ4v) is 3.57. The number of hydrogen-bond donors (Lipinski definition) is 2. The molecule has 0 aliphatic heterocycles. The Morgan fingerprint density at radius 3 is 2.55 bits per heavy atom. The first-order valence-corrected chi connectivity index (χ1v) is 8.63. The van der Waals surface area contributed by atoms with Crippen LogP contribution >= 0.6 is 0 Å². The van der Waals surface area contributed by atoms with Gasteiger partial charge in [-0.1, -0.05) is 13.8 Å². The zero-order chi connectivity index (χ0) is 15.2. The minimum atomic E-state index is -3.47. The zero-order valence-corrected chi connectivity index (χ0v) is 13.6. The average Bonchev–Trinajstić information content (AvgIpc) is 2.81. The van der Waals surface area contributed by atoms with Gasteiger partial charge in [0, 0.05) is 6.04 Å². The summed E-state index contributed by atoms with van der Waals surface area (Å²) in [5.41, 5.74) is 0.563. The van der Waals surface area contributed by atoms with Gasteiger partial charge in [0.1, 0.15) is 4.90 Å². The van der Waals surface area contributed by atoms with E-state index in [0.717, 1.165) is 32.5 Å². The van der Waals surface area contributed by atoms with E-state index < -0.39 is 10.0 Å². The number of aryl methyl sites for hydroxylation is 1. The van der Waals surface area contributed by atoms with E-state index in [4.69, 9.17) is 0 Å². The summed E-state index contributed by atoms with van der Waals surface area (Å²) in [6.07, 6.45) is 3.16. The molecule has 6 nitrogen and oxygen atoms in total. The Morgan fingerprint density at radius 2 is 2.05 bits per heavy atom. The molecule has 0 amide bonds. The highest BCUT2D eigenvalue weighted by Gasteiger charge is 2.20. The van der Waals surface area contributed by atoms with Gasteiger partial charge in [0.2, 0.25) is 10.0 Å². The van der Waals surface area contributed by atoms with E-state index in [1.165, 1.54) is 6.20 Å². The molecule has 2 N–H and O–H groups in total. The van der Waals surface area contributed by atoms with E-state index in [1.807, 2.05) is 6.92 Å². The third-order valence-corrected chi connectivity index (χ3v) is 5.14. The summed E-state index contributed by atoms with van der Waals surface area (Å²) in [6.45, 7) is 10.9. The largest absolute Gasteiger partial charge is 0.304 e. The van der Waals surface area contributed by atoms with E-state index in [1.54, 1.807) is 6.92 Å². The molecule has 1 aromatic heterocycles. The van der Waals surface area contributed by atoms with Crippen LogP contribution in [0.25, 0.3) is 0 Å².